The molecule has 0 amide bonds. The van der Waals surface area contributed by atoms with Crippen LogP contribution in [0.3, 0.4) is 0 Å². The molecule has 0 aromatic heterocycles. The number of benzene rings is 3. The first kappa shape index (κ1) is 26.6. The maximum Gasteiger partial charge on any atom is 0.284 e. The van der Waals surface area contributed by atoms with E-state index in [1.54, 1.807) is 0 Å². The van der Waals surface area contributed by atoms with Gasteiger partial charge in [-0.25, -0.2) is 4.99 Å². The van der Waals surface area contributed by atoms with Gasteiger partial charge in [0, 0.05) is 29.3 Å². The highest BCUT2D eigenvalue weighted by Crippen LogP contribution is 2.47. The molecule has 10 nitrogen and oxygen atoms in total. The summed E-state index contributed by atoms with van der Waals surface area (Å²) in [6, 6.07) is 10.4. The summed E-state index contributed by atoms with van der Waals surface area (Å²) < 4.78 is 0. The van der Waals surface area contributed by atoms with Crippen LogP contribution in [0.2, 0.25) is 0 Å². The summed E-state index contributed by atoms with van der Waals surface area (Å²) in [6.07, 6.45) is 0. The Morgan fingerprint density at radius 3 is 1.66 bits per heavy atom. The molecule has 0 radical (unpaired) electrons. The number of aliphatic imine (C=N–C) groups is 1. The minimum Gasteiger partial charge on any atom is -0.258 e. The first-order valence-corrected chi connectivity index (χ1v) is 12.3. The van der Waals surface area contributed by atoms with Crippen LogP contribution < -0.4 is 0 Å². The number of nitrogens with zero attached hydrogens (tertiary/aromatic N) is 4. The SMILES string of the molecule is CC(C)c1cc(C(C)C)c(N=C2c3cc([N+](=O)[O-])ccc3-c3c2cc([N+](=O)[O-])cc3[N+](=O)[O-])c(C(C)C)c1. The van der Waals surface area contributed by atoms with E-state index in [2.05, 4.69) is 26.0 Å². The molecule has 4 rings (SSSR count). The van der Waals surface area contributed by atoms with Crippen LogP contribution in [0.5, 0.6) is 0 Å². The highest BCUT2D eigenvalue weighted by atomic mass is 16.6. The molecule has 1 aliphatic rings. The Bertz CT molecular complexity index is 1510. The molecule has 0 heterocycles. The first-order valence-electron chi connectivity index (χ1n) is 12.3. The number of hydrogen-bond donors (Lipinski definition) is 0. The monoisotopic (exact) mass is 516 g/mol. The molecule has 196 valence electrons. The van der Waals surface area contributed by atoms with E-state index in [4.69, 9.17) is 4.99 Å². The lowest BCUT2D eigenvalue weighted by molar-refractivity contribution is -0.393. The first-order chi connectivity index (χ1) is 17.8. The molecule has 0 unspecified atom stereocenters. The number of nitro benzene ring substituents is 3. The second-order valence-corrected chi connectivity index (χ2v) is 10.4. The van der Waals surface area contributed by atoms with Crippen molar-refractivity contribution in [2.45, 2.75) is 59.3 Å². The molecule has 0 saturated heterocycles. The summed E-state index contributed by atoms with van der Waals surface area (Å²) >= 11 is 0. The molecule has 0 atom stereocenters. The van der Waals surface area contributed by atoms with E-state index in [1.807, 2.05) is 27.7 Å². The zero-order valence-electron chi connectivity index (χ0n) is 22.0. The van der Waals surface area contributed by atoms with E-state index in [-0.39, 0.29) is 40.3 Å². The topological polar surface area (TPSA) is 142 Å². The second-order valence-electron chi connectivity index (χ2n) is 10.4. The van der Waals surface area contributed by atoms with Gasteiger partial charge >= 0.3 is 0 Å². The highest BCUT2D eigenvalue weighted by molar-refractivity contribution is 6.27. The Hall–Kier alpha value is -4.47. The van der Waals surface area contributed by atoms with E-state index in [9.17, 15) is 30.3 Å². The molecule has 38 heavy (non-hydrogen) atoms. The van der Waals surface area contributed by atoms with Gasteiger partial charge in [-0.15, -0.1) is 0 Å². The van der Waals surface area contributed by atoms with Crippen molar-refractivity contribution >= 4 is 28.5 Å². The molecule has 1 aliphatic carbocycles. The van der Waals surface area contributed by atoms with Gasteiger partial charge in [-0.05, 0) is 46.1 Å². The Labute approximate surface area is 219 Å². The average Bonchev–Trinajstić information content (AvgIpc) is 3.15. The van der Waals surface area contributed by atoms with Crippen LogP contribution in [-0.4, -0.2) is 20.5 Å². The third-order valence-corrected chi connectivity index (χ3v) is 6.83. The van der Waals surface area contributed by atoms with Crippen LogP contribution in [0.1, 0.15) is 87.1 Å². The minimum absolute atomic E-state index is 0.0791. The van der Waals surface area contributed by atoms with Gasteiger partial charge in [0.2, 0.25) is 0 Å². The molecular weight excluding hydrogens is 488 g/mol. The van der Waals surface area contributed by atoms with Crippen LogP contribution in [-0.2, 0) is 0 Å². The van der Waals surface area contributed by atoms with Crippen molar-refractivity contribution < 1.29 is 14.8 Å². The fourth-order valence-corrected chi connectivity index (χ4v) is 4.82. The molecule has 10 heteroatoms. The van der Waals surface area contributed by atoms with Crippen molar-refractivity contribution in [3.8, 4) is 11.1 Å². The molecule has 3 aromatic carbocycles. The summed E-state index contributed by atoms with van der Waals surface area (Å²) in [5.74, 6) is 0.429. The lowest BCUT2D eigenvalue weighted by Gasteiger charge is -2.21. The predicted octanol–water partition coefficient (Wildman–Crippen LogP) is 7.93. The molecule has 0 bridgehead atoms. The van der Waals surface area contributed by atoms with Crippen LogP contribution in [0.15, 0.2) is 47.5 Å². The van der Waals surface area contributed by atoms with Crippen molar-refractivity contribution in [3.63, 3.8) is 0 Å². The van der Waals surface area contributed by atoms with Crippen molar-refractivity contribution in [2.24, 2.45) is 4.99 Å². The van der Waals surface area contributed by atoms with Gasteiger partial charge in [0.15, 0.2) is 0 Å². The molecule has 3 aromatic rings. The molecule has 0 spiro atoms. The highest BCUT2D eigenvalue weighted by Gasteiger charge is 2.36. The number of non-ortho nitro benzene ring substituents is 2. The van der Waals surface area contributed by atoms with E-state index >= 15 is 0 Å². The van der Waals surface area contributed by atoms with Gasteiger partial charge in [0.25, 0.3) is 17.1 Å². The van der Waals surface area contributed by atoms with Gasteiger partial charge in [-0.2, -0.15) is 0 Å². The smallest absolute Gasteiger partial charge is 0.258 e. The third kappa shape index (κ3) is 4.53. The molecular formula is C28H28N4O6. The number of fused-ring (bicyclic) bond motifs is 3. The largest absolute Gasteiger partial charge is 0.284 e. The van der Waals surface area contributed by atoms with Crippen molar-refractivity contribution in [1.82, 2.24) is 0 Å². The normalized spacial score (nSPS) is 13.3. The van der Waals surface area contributed by atoms with Gasteiger partial charge < -0.3 is 0 Å². The number of hydrogen-bond acceptors (Lipinski definition) is 7. The van der Waals surface area contributed by atoms with Gasteiger partial charge in [-0.3, -0.25) is 30.3 Å². The third-order valence-electron chi connectivity index (χ3n) is 6.83. The van der Waals surface area contributed by atoms with E-state index < -0.39 is 26.1 Å². The lowest BCUT2D eigenvalue weighted by atomic mass is 9.87. The quantitative estimate of drug-likeness (QED) is 0.180. The lowest BCUT2D eigenvalue weighted by Crippen LogP contribution is -2.05. The maximum atomic E-state index is 12.0. The van der Waals surface area contributed by atoms with Crippen molar-refractivity contribution in [3.05, 3.63) is 101 Å². The standard InChI is InChI=1S/C28H28N4O6/c1-14(2)17-9-21(15(3)4)27(22(10-17)16(5)6)29-28-23-11-18(30(33)34)7-8-20(23)26-24(28)12-19(31(35)36)13-25(26)32(37)38/h7-16H,1-6H3. The molecule has 0 N–H and O–H groups in total. The summed E-state index contributed by atoms with van der Waals surface area (Å²) in [4.78, 5) is 38.4. The van der Waals surface area contributed by atoms with E-state index in [0.29, 0.717) is 16.8 Å². The summed E-state index contributed by atoms with van der Waals surface area (Å²) in [7, 11) is 0. The van der Waals surface area contributed by atoms with Crippen LogP contribution in [0, 0.1) is 30.3 Å². The van der Waals surface area contributed by atoms with E-state index in [0.717, 1.165) is 22.8 Å². The predicted molar refractivity (Wildman–Crippen MR) is 146 cm³/mol. The zero-order valence-corrected chi connectivity index (χ0v) is 22.0. The Kier molecular flexibility index (Phi) is 6.84. The minimum atomic E-state index is -0.688. The van der Waals surface area contributed by atoms with Crippen molar-refractivity contribution in [2.75, 3.05) is 0 Å². The zero-order chi connectivity index (χ0) is 28.0. The molecule has 0 saturated carbocycles. The van der Waals surface area contributed by atoms with Gasteiger partial charge in [0.05, 0.1) is 37.8 Å². The van der Waals surface area contributed by atoms with Crippen LogP contribution in [0.4, 0.5) is 22.7 Å². The van der Waals surface area contributed by atoms with E-state index in [1.165, 1.54) is 24.3 Å². The molecule has 0 fully saturated rings. The van der Waals surface area contributed by atoms with Crippen LogP contribution >= 0.6 is 0 Å². The Morgan fingerprint density at radius 2 is 1.18 bits per heavy atom. The fraction of sp³-hybridized carbons (Fsp3) is 0.321. The van der Waals surface area contributed by atoms with Crippen molar-refractivity contribution in [1.29, 1.82) is 0 Å². The fourth-order valence-electron chi connectivity index (χ4n) is 4.82. The number of nitro groups is 3. The average molecular weight is 517 g/mol. The Morgan fingerprint density at radius 1 is 0.632 bits per heavy atom. The summed E-state index contributed by atoms with van der Waals surface area (Å²) in [5, 5.41) is 35.3. The maximum absolute atomic E-state index is 12.0. The number of rotatable bonds is 7. The van der Waals surface area contributed by atoms with Crippen LogP contribution in [0.25, 0.3) is 11.1 Å². The van der Waals surface area contributed by atoms with Gasteiger partial charge in [0.1, 0.15) is 0 Å². The Balaban J connectivity index is 2.17. The summed E-state index contributed by atoms with van der Waals surface area (Å²) in [5.41, 5.74) is 3.98. The second kappa shape index (κ2) is 9.77. The summed E-state index contributed by atoms with van der Waals surface area (Å²) in [6.45, 7) is 12.4. The molecule has 0 aliphatic heterocycles. The van der Waals surface area contributed by atoms with Gasteiger partial charge in [-0.1, -0.05) is 53.7 Å².